The first kappa shape index (κ1) is 155. The molecule has 0 aromatic heterocycles. The zero-order valence-corrected chi connectivity index (χ0v) is 20.4. The topological polar surface area (TPSA) is 142 Å². The van der Waals surface area contributed by atoms with Crippen LogP contribution in [-0.4, -0.2) is 101 Å². The first-order chi connectivity index (χ1) is 0. The molecule has 0 N–H and O–H groups in total. The van der Waals surface area contributed by atoms with Gasteiger partial charge in [-0.3, -0.25) is 0 Å². The van der Waals surface area contributed by atoms with Gasteiger partial charge < -0.3 is 33.1 Å². The summed E-state index contributed by atoms with van der Waals surface area (Å²) < 4.78 is 0. The van der Waals surface area contributed by atoms with Crippen molar-refractivity contribution in [2.45, 2.75) is 0 Å². The van der Waals surface area contributed by atoms with Crippen LogP contribution in [0.25, 0.3) is 0 Å². The molecule has 56 valence electrons. The Morgan fingerprint density at radius 1 is 0.455 bits per heavy atom. The van der Waals surface area contributed by atoms with Gasteiger partial charge in [0.25, 0.3) is 0 Å². The van der Waals surface area contributed by atoms with Crippen LogP contribution in [0.4, 0.5) is 0 Å². The normalized spacial score (nSPS) is 0. The van der Waals surface area contributed by atoms with Gasteiger partial charge in [-0.2, -0.15) is 0 Å². The molecular weight excluding hydrogens is 729 g/mol. The molecule has 0 fully saturated rings. The Morgan fingerprint density at radius 3 is 0.455 bits per heavy atom. The van der Waals surface area contributed by atoms with Gasteiger partial charge in [0, 0.05) is 54.6 Å². The van der Waals surface area contributed by atoms with Gasteiger partial charge in [0.15, 0.2) is 0 Å². The van der Waals surface area contributed by atoms with Gasteiger partial charge in [0.05, 0.1) is 0 Å². The first-order valence-corrected chi connectivity index (χ1v) is 0. The van der Waals surface area contributed by atoms with Crippen molar-refractivity contribution >= 4 is 101 Å². The van der Waals surface area contributed by atoms with Crippen molar-refractivity contribution < 1.29 is 77.8 Å². The smallest absolute Gasteiger partial charge is 2.00 e. The summed E-state index contributed by atoms with van der Waals surface area (Å²) in [4.78, 5) is 0. The molecule has 0 aliphatic carbocycles. The van der Waals surface area contributed by atoms with Crippen LogP contribution in [0, 0.1) is 0 Å². The maximum atomic E-state index is 0. The molecule has 11 heavy (non-hydrogen) atoms. The van der Waals surface area contributed by atoms with Crippen LogP contribution < -0.4 is 0 Å². The minimum absolute atomic E-state index is 0. The van der Waals surface area contributed by atoms with Gasteiger partial charge in [-0.05, 0) is 0 Å². The predicted octanol–water partition coefficient (Wildman–Crippen LogP) is -1.67. The Bertz CT molecular complexity index is 33.0. The van der Waals surface area contributed by atoms with E-state index < -0.39 is 0 Å². The van der Waals surface area contributed by atoms with Crippen molar-refractivity contribution in [1.82, 2.24) is 0 Å². The SMILES string of the molecule is [H-].[H-].[H-].[H-].[Mg+2].[Mg+2].[Nb+5].[Nb+5].[O-2].[O-2].[O-2].[O-2].[O-2].[Pb].[Pb]. The van der Waals surface area contributed by atoms with E-state index in [1.807, 2.05) is 0 Å². The fourth-order valence-corrected chi connectivity index (χ4v) is 0. The van der Waals surface area contributed by atoms with Crippen molar-refractivity contribution in [2.75, 3.05) is 0 Å². The Morgan fingerprint density at radius 2 is 0.455 bits per heavy atom. The van der Waals surface area contributed by atoms with Crippen molar-refractivity contribution in [3.8, 4) is 0 Å². The second-order valence-corrected chi connectivity index (χ2v) is 0. The summed E-state index contributed by atoms with van der Waals surface area (Å²) in [6, 6.07) is 0. The summed E-state index contributed by atoms with van der Waals surface area (Å²) in [5, 5.41) is 0. The Kier molecular flexibility index (Phi) is 1780. The molecule has 0 saturated carbocycles. The van der Waals surface area contributed by atoms with Crippen LogP contribution in [0.15, 0.2) is 0 Å². The number of rotatable bonds is 0. The van der Waals surface area contributed by atoms with E-state index in [1.54, 1.807) is 0 Å². The molecule has 5 nitrogen and oxygen atoms in total. The molecule has 0 aromatic carbocycles. The van der Waals surface area contributed by atoms with Gasteiger partial charge in [-0.15, -0.1) is 0 Å². The van der Waals surface area contributed by atoms with Crippen LogP contribution in [0.1, 0.15) is 5.71 Å². The molecule has 8 radical (unpaired) electrons. The summed E-state index contributed by atoms with van der Waals surface area (Å²) >= 11 is 0. The van der Waals surface area contributed by atoms with Crippen LogP contribution in [0.2, 0.25) is 0 Å². The van der Waals surface area contributed by atoms with E-state index in [1.165, 1.54) is 0 Å². The van der Waals surface area contributed by atoms with E-state index in [9.17, 15) is 0 Å². The van der Waals surface area contributed by atoms with Gasteiger partial charge >= 0.3 is 90.9 Å². The Hall–Kier alpha value is 4.66. The molecule has 0 bridgehead atoms. The molecule has 0 aromatic rings. The van der Waals surface area contributed by atoms with E-state index in [2.05, 4.69) is 0 Å². The van der Waals surface area contributed by atoms with Crippen LogP contribution >= 0.6 is 0 Å². The zero-order chi connectivity index (χ0) is 0. The van der Waals surface area contributed by atoms with Crippen molar-refractivity contribution in [3.63, 3.8) is 0 Å². The zero-order valence-electron chi connectivity index (χ0n) is 9.35. The Labute approximate surface area is 175 Å². The largest absolute Gasteiger partial charge is 5.00 e. The minimum atomic E-state index is 0. The molecule has 0 amide bonds. The molecular formula is H4Mg2Nb2O5Pb2. The summed E-state index contributed by atoms with van der Waals surface area (Å²) in [5.41, 5.74) is 0. The van der Waals surface area contributed by atoms with E-state index in [4.69, 9.17) is 0 Å². The van der Waals surface area contributed by atoms with E-state index in [0.717, 1.165) is 0 Å². The fourth-order valence-electron chi connectivity index (χ4n) is 0. The summed E-state index contributed by atoms with van der Waals surface area (Å²) in [6.45, 7) is 0. The quantitative estimate of drug-likeness (QED) is 0.263. The maximum absolute atomic E-state index is 0. The van der Waals surface area contributed by atoms with E-state index in [-0.39, 0.29) is 179 Å². The monoisotopic (exact) mass is 734 g/mol. The summed E-state index contributed by atoms with van der Waals surface area (Å²) in [5.74, 6) is 0. The second kappa shape index (κ2) is 126. The van der Waals surface area contributed by atoms with E-state index >= 15 is 0 Å². The molecule has 0 saturated heterocycles. The summed E-state index contributed by atoms with van der Waals surface area (Å²) in [6.07, 6.45) is 0. The molecule has 0 atom stereocenters. The molecule has 0 heterocycles. The molecule has 0 unspecified atom stereocenters. The second-order valence-electron chi connectivity index (χ2n) is 0. The first-order valence-electron chi connectivity index (χ1n) is 0. The van der Waals surface area contributed by atoms with Crippen molar-refractivity contribution in [1.29, 1.82) is 0 Å². The summed E-state index contributed by atoms with van der Waals surface area (Å²) in [7, 11) is 0. The average Bonchev–Trinajstić information content (AvgIpc) is 0. The van der Waals surface area contributed by atoms with Crippen LogP contribution in [-0.2, 0) is 72.1 Å². The average molecular weight is 733 g/mol. The molecule has 11 heteroatoms. The van der Waals surface area contributed by atoms with Gasteiger partial charge in [0.2, 0.25) is 0 Å². The van der Waals surface area contributed by atoms with Gasteiger partial charge in [-0.1, -0.05) is 0 Å². The molecule has 0 aliphatic heterocycles. The fraction of sp³-hybridized carbons (Fsp3) is 0. The third-order valence-corrected chi connectivity index (χ3v) is 0. The maximum Gasteiger partial charge on any atom is 5.00 e. The number of hydrogen-bond donors (Lipinski definition) is 0. The van der Waals surface area contributed by atoms with Crippen LogP contribution in [0.5, 0.6) is 0 Å². The van der Waals surface area contributed by atoms with Gasteiger partial charge in [0.1, 0.15) is 0 Å². The standard InChI is InChI=1S/2Mg.2Nb.5O.2Pb.4H/q2*+2;2*+5;5*-2;;;4*-1. The molecule has 0 aliphatic rings. The molecule has 0 spiro atoms. The third-order valence-electron chi connectivity index (χ3n) is 0. The minimum Gasteiger partial charge on any atom is -2.00 e. The predicted molar refractivity (Wildman–Crippen MR) is 30.9 cm³/mol. The third kappa shape index (κ3) is 108. The van der Waals surface area contributed by atoms with Gasteiger partial charge in [-0.25, -0.2) is 0 Å². The Balaban J connectivity index is 0. The van der Waals surface area contributed by atoms with E-state index in [0.29, 0.717) is 0 Å². The molecule has 0 rings (SSSR count). The number of hydrogen-bond acceptors (Lipinski definition) is 0. The van der Waals surface area contributed by atoms with Crippen LogP contribution in [0.3, 0.4) is 0 Å². The van der Waals surface area contributed by atoms with Crippen molar-refractivity contribution in [3.05, 3.63) is 0 Å². The van der Waals surface area contributed by atoms with Crippen molar-refractivity contribution in [2.24, 2.45) is 0 Å².